The van der Waals surface area contributed by atoms with Crippen LogP contribution in [-0.2, 0) is 14.4 Å². The largest absolute Gasteiger partial charge is 0.480 e. The molecule has 1 aliphatic heterocycles. The first kappa shape index (κ1) is 9.66. The molecule has 0 spiro atoms. The van der Waals surface area contributed by atoms with Gasteiger partial charge in [0.1, 0.15) is 6.04 Å². The number of aliphatic carboxylic acids is 1. The van der Waals surface area contributed by atoms with Gasteiger partial charge in [0.05, 0.1) is 0 Å². The molecule has 0 saturated carbocycles. The number of imide groups is 1. The molecule has 13 heavy (non-hydrogen) atoms. The predicted octanol–water partition coefficient (Wildman–Crippen LogP) is -1.55. The summed E-state index contributed by atoms with van der Waals surface area (Å²) in [6.45, 7) is 0. The van der Waals surface area contributed by atoms with E-state index in [-0.39, 0.29) is 18.7 Å². The highest BCUT2D eigenvalue weighted by Gasteiger charge is 2.33. The van der Waals surface area contributed by atoms with Gasteiger partial charge in [0.15, 0.2) is 0 Å². The number of carbonyl (C=O) groups is 3. The van der Waals surface area contributed by atoms with Gasteiger partial charge in [-0.05, 0) is 6.42 Å². The van der Waals surface area contributed by atoms with Crippen LogP contribution in [0.1, 0.15) is 12.8 Å². The Morgan fingerprint density at radius 1 is 1.69 bits per heavy atom. The summed E-state index contributed by atoms with van der Waals surface area (Å²) in [4.78, 5) is 32.0. The quantitative estimate of drug-likeness (QED) is 0.462. The number of hydrogen-bond acceptors (Lipinski definition) is 4. The van der Waals surface area contributed by atoms with E-state index < -0.39 is 23.8 Å². The molecule has 4 N–H and O–H groups in total. The summed E-state index contributed by atoms with van der Waals surface area (Å²) in [6.07, 6.45) is 0.0483. The lowest BCUT2D eigenvalue weighted by molar-refractivity contribution is -0.139. The summed E-state index contributed by atoms with van der Waals surface area (Å²) in [5.41, 5.74) is 5.21. The highest BCUT2D eigenvalue weighted by atomic mass is 16.4. The number of nitrogens with two attached hydrogens (primary N) is 1. The lowest BCUT2D eigenvalue weighted by atomic mass is 9.99. The molecule has 1 rings (SSSR count). The van der Waals surface area contributed by atoms with Crippen LogP contribution in [0.3, 0.4) is 0 Å². The number of hydrogen-bond donors (Lipinski definition) is 3. The second-order valence-corrected chi connectivity index (χ2v) is 2.99. The molecule has 0 aliphatic carbocycles. The van der Waals surface area contributed by atoms with Crippen LogP contribution in [0, 0.1) is 5.92 Å². The number of carboxylic acids is 1. The van der Waals surface area contributed by atoms with Gasteiger partial charge in [-0.25, -0.2) is 0 Å². The van der Waals surface area contributed by atoms with E-state index in [4.69, 9.17) is 10.8 Å². The number of carbonyl (C=O) groups excluding carboxylic acids is 2. The van der Waals surface area contributed by atoms with Crippen LogP contribution >= 0.6 is 0 Å². The third kappa shape index (κ3) is 2.25. The molecule has 0 aromatic heterocycles. The fourth-order valence-electron chi connectivity index (χ4n) is 1.20. The third-order valence-corrected chi connectivity index (χ3v) is 1.92. The molecule has 1 fully saturated rings. The van der Waals surface area contributed by atoms with E-state index in [0.717, 1.165) is 0 Å². The number of carboxylic acid groups (broad SMARTS) is 1. The number of rotatable bonds is 3. The van der Waals surface area contributed by atoms with Crippen molar-refractivity contribution < 1.29 is 19.5 Å². The van der Waals surface area contributed by atoms with E-state index in [2.05, 4.69) is 5.32 Å². The Hall–Kier alpha value is -1.43. The number of amides is 2. The van der Waals surface area contributed by atoms with Gasteiger partial charge >= 0.3 is 5.97 Å². The molecule has 1 saturated heterocycles. The minimum Gasteiger partial charge on any atom is -0.480 e. The van der Waals surface area contributed by atoms with Crippen LogP contribution < -0.4 is 11.1 Å². The topological polar surface area (TPSA) is 109 Å². The Bertz CT molecular complexity index is 263. The van der Waals surface area contributed by atoms with Crippen LogP contribution in [0.5, 0.6) is 0 Å². The lowest BCUT2D eigenvalue weighted by Gasteiger charge is -2.08. The van der Waals surface area contributed by atoms with Gasteiger partial charge in [0, 0.05) is 12.3 Å². The SMILES string of the molecule is N[C@@H](CC1CC(=O)NC1=O)C(=O)O. The molecule has 6 heteroatoms. The summed E-state index contributed by atoms with van der Waals surface area (Å²) < 4.78 is 0. The summed E-state index contributed by atoms with van der Waals surface area (Å²) in [6, 6.07) is -1.08. The monoisotopic (exact) mass is 186 g/mol. The summed E-state index contributed by atoms with van der Waals surface area (Å²) in [7, 11) is 0. The third-order valence-electron chi connectivity index (χ3n) is 1.92. The minimum absolute atomic E-state index is 0.00685. The van der Waals surface area contributed by atoms with Crippen molar-refractivity contribution in [1.82, 2.24) is 5.32 Å². The molecule has 72 valence electrons. The zero-order chi connectivity index (χ0) is 10.0. The van der Waals surface area contributed by atoms with Crippen molar-refractivity contribution in [2.24, 2.45) is 11.7 Å². The highest BCUT2D eigenvalue weighted by molar-refractivity contribution is 6.03. The molecule has 6 nitrogen and oxygen atoms in total. The van der Waals surface area contributed by atoms with Gasteiger partial charge in [-0.3, -0.25) is 19.7 Å². The average molecular weight is 186 g/mol. The zero-order valence-corrected chi connectivity index (χ0v) is 6.82. The van der Waals surface area contributed by atoms with Crippen molar-refractivity contribution >= 4 is 17.8 Å². The van der Waals surface area contributed by atoms with Crippen molar-refractivity contribution in [3.05, 3.63) is 0 Å². The van der Waals surface area contributed by atoms with E-state index in [1.807, 2.05) is 0 Å². The van der Waals surface area contributed by atoms with Crippen LogP contribution in [0.15, 0.2) is 0 Å². The standard InChI is InChI=1S/C7H10N2O4/c8-4(7(12)13)1-3-2-5(10)9-6(3)11/h3-4H,1-2,8H2,(H,12,13)(H,9,10,11)/t3?,4-/m0/s1. The van der Waals surface area contributed by atoms with E-state index in [0.29, 0.717) is 0 Å². The second kappa shape index (κ2) is 3.53. The molecule has 1 unspecified atom stereocenters. The van der Waals surface area contributed by atoms with Gasteiger partial charge in [0.2, 0.25) is 11.8 Å². The van der Waals surface area contributed by atoms with Gasteiger partial charge in [-0.2, -0.15) is 0 Å². The van der Waals surface area contributed by atoms with Crippen molar-refractivity contribution in [3.63, 3.8) is 0 Å². The summed E-state index contributed by atoms with van der Waals surface area (Å²) in [5.74, 6) is -2.54. The molecule has 0 aromatic rings. The van der Waals surface area contributed by atoms with Gasteiger partial charge < -0.3 is 10.8 Å². The van der Waals surface area contributed by atoms with E-state index in [1.54, 1.807) is 0 Å². The fourth-order valence-corrected chi connectivity index (χ4v) is 1.20. The van der Waals surface area contributed by atoms with Crippen LogP contribution in [0.2, 0.25) is 0 Å². The maximum atomic E-state index is 11.0. The zero-order valence-electron chi connectivity index (χ0n) is 6.82. The van der Waals surface area contributed by atoms with E-state index >= 15 is 0 Å². The second-order valence-electron chi connectivity index (χ2n) is 2.99. The summed E-state index contributed by atoms with van der Waals surface area (Å²) in [5, 5.41) is 10.5. The van der Waals surface area contributed by atoms with Crippen LogP contribution in [0.25, 0.3) is 0 Å². The normalized spacial score (nSPS) is 24.2. The molecule has 2 amide bonds. The first-order valence-corrected chi connectivity index (χ1v) is 3.82. The Kier molecular flexibility index (Phi) is 2.62. The molecule has 0 radical (unpaired) electrons. The van der Waals surface area contributed by atoms with Crippen molar-refractivity contribution in [3.8, 4) is 0 Å². The van der Waals surface area contributed by atoms with Crippen LogP contribution in [-0.4, -0.2) is 28.9 Å². The molecule has 1 aliphatic rings. The molecular weight excluding hydrogens is 176 g/mol. The Labute approximate surface area is 74.1 Å². The molecule has 2 atom stereocenters. The highest BCUT2D eigenvalue weighted by Crippen LogP contribution is 2.16. The van der Waals surface area contributed by atoms with Crippen LogP contribution in [0.4, 0.5) is 0 Å². The van der Waals surface area contributed by atoms with Crippen molar-refractivity contribution in [1.29, 1.82) is 0 Å². The first-order chi connectivity index (χ1) is 6.00. The minimum atomic E-state index is -1.16. The Morgan fingerprint density at radius 2 is 2.31 bits per heavy atom. The Morgan fingerprint density at radius 3 is 2.69 bits per heavy atom. The fraction of sp³-hybridized carbons (Fsp3) is 0.571. The molecule has 0 bridgehead atoms. The summed E-state index contributed by atoms with van der Waals surface area (Å²) >= 11 is 0. The van der Waals surface area contributed by atoms with Gasteiger partial charge in [-0.1, -0.05) is 0 Å². The molecule has 1 heterocycles. The first-order valence-electron chi connectivity index (χ1n) is 3.82. The molecule has 0 aromatic carbocycles. The van der Waals surface area contributed by atoms with Gasteiger partial charge in [-0.15, -0.1) is 0 Å². The maximum absolute atomic E-state index is 11.0. The predicted molar refractivity (Wildman–Crippen MR) is 41.5 cm³/mol. The molecular formula is C7H10N2O4. The van der Waals surface area contributed by atoms with Crippen molar-refractivity contribution in [2.45, 2.75) is 18.9 Å². The van der Waals surface area contributed by atoms with Crippen molar-refractivity contribution in [2.75, 3.05) is 0 Å². The Balaban J connectivity index is 2.50. The van der Waals surface area contributed by atoms with E-state index in [1.165, 1.54) is 0 Å². The van der Waals surface area contributed by atoms with E-state index in [9.17, 15) is 14.4 Å². The maximum Gasteiger partial charge on any atom is 0.320 e. The lowest BCUT2D eigenvalue weighted by Crippen LogP contribution is -2.34. The smallest absolute Gasteiger partial charge is 0.320 e. The average Bonchev–Trinajstić information content (AvgIpc) is 2.30. The van der Waals surface area contributed by atoms with Gasteiger partial charge in [0.25, 0.3) is 0 Å². The number of nitrogens with one attached hydrogen (secondary N) is 1.